The zero-order chi connectivity index (χ0) is 13.4. The van der Waals surface area contributed by atoms with Crippen LogP contribution >= 0.6 is 0 Å². The van der Waals surface area contributed by atoms with Crippen LogP contribution in [0.2, 0.25) is 0 Å². The van der Waals surface area contributed by atoms with Gasteiger partial charge in [0.15, 0.2) is 0 Å². The van der Waals surface area contributed by atoms with Gasteiger partial charge in [0, 0.05) is 12.6 Å². The fourth-order valence-corrected chi connectivity index (χ4v) is 1.49. The topological polar surface area (TPSA) is 67.5 Å². The van der Waals surface area contributed by atoms with E-state index < -0.39 is 12.0 Å². The Bertz CT molecular complexity index is 470. The zero-order valence-corrected chi connectivity index (χ0v) is 9.16. The molecule has 0 amide bonds. The summed E-state index contributed by atoms with van der Waals surface area (Å²) in [6, 6.07) is 6.55. The summed E-state index contributed by atoms with van der Waals surface area (Å²) in [6.45, 7) is 0.343. The second-order valence-corrected chi connectivity index (χ2v) is 3.86. The van der Waals surface area contributed by atoms with Crippen molar-refractivity contribution in [3.63, 3.8) is 0 Å². The van der Waals surface area contributed by atoms with Gasteiger partial charge >= 0.3 is 12.0 Å². The van der Waals surface area contributed by atoms with Gasteiger partial charge in [0.2, 0.25) is 0 Å². The highest BCUT2D eigenvalue weighted by atomic mass is 19.4. The van der Waals surface area contributed by atoms with Crippen molar-refractivity contribution in [2.75, 3.05) is 0 Å². The van der Waals surface area contributed by atoms with Gasteiger partial charge in [-0.15, -0.1) is 0 Å². The van der Waals surface area contributed by atoms with Crippen LogP contribution in [0.25, 0.3) is 5.70 Å². The van der Waals surface area contributed by atoms with Gasteiger partial charge < -0.3 is 10.8 Å². The largest absolute Gasteiger partial charge is 0.449 e. The lowest BCUT2D eigenvalue weighted by atomic mass is 10.1. The van der Waals surface area contributed by atoms with Crippen molar-refractivity contribution in [3.05, 3.63) is 41.5 Å². The molecule has 2 rings (SSSR count). The molecule has 98 valence electrons. The monoisotopic (exact) mass is 260 g/mol. The zero-order valence-electron chi connectivity index (χ0n) is 9.16. The van der Waals surface area contributed by atoms with Crippen LogP contribution in [0.15, 0.2) is 30.3 Å². The molecule has 18 heavy (non-hydrogen) atoms. The number of hydrogen-bond donors (Lipinski definition) is 3. The summed E-state index contributed by atoms with van der Waals surface area (Å²) < 4.78 is 37.4. The van der Waals surface area contributed by atoms with Crippen molar-refractivity contribution in [2.45, 2.75) is 18.5 Å². The van der Waals surface area contributed by atoms with Gasteiger partial charge in [0.25, 0.3) is 0 Å². The molecule has 1 atom stereocenters. The average Bonchev–Trinajstić information content (AvgIpc) is 2.73. The Kier molecular flexibility index (Phi) is 3.05. The molecule has 0 saturated carbocycles. The maximum atomic E-state index is 12.5. The minimum absolute atomic E-state index is 0.0541. The van der Waals surface area contributed by atoms with E-state index in [0.717, 1.165) is 5.56 Å². The van der Waals surface area contributed by atoms with Crippen LogP contribution in [0, 0.1) is 0 Å². The molecule has 4 nitrogen and oxygen atoms in total. The number of nitrogens with two attached hydrogens (primary N) is 1. The smallest absolute Gasteiger partial charge is 0.354 e. The molecule has 1 aliphatic heterocycles. The van der Waals surface area contributed by atoms with Crippen LogP contribution in [-0.4, -0.2) is 17.1 Å². The third-order valence-electron chi connectivity index (χ3n) is 2.56. The quantitative estimate of drug-likeness (QED) is 0.749. The first-order valence-corrected chi connectivity index (χ1v) is 5.11. The van der Waals surface area contributed by atoms with Crippen molar-refractivity contribution < 1.29 is 23.1 Å². The Hall–Kier alpha value is -1.57. The molecular weight excluding hydrogens is 249 g/mol. The van der Waals surface area contributed by atoms with Crippen LogP contribution < -0.4 is 11.2 Å². The molecule has 1 aromatic carbocycles. The fourth-order valence-electron chi connectivity index (χ4n) is 1.49. The molecule has 1 aromatic rings. The number of rotatable bonds is 2. The predicted octanol–water partition coefficient (Wildman–Crippen LogP) is 1.27. The standard InChI is InChI=1S/C11H11F3N2O2/c12-11(13,14)10(17)5-9(16-18-10)8-3-1-7(6-15)2-4-8/h1-5,16-17H,6,15H2. The Morgan fingerprint density at radius 2 is 1.89 bits per heavy atom. The molecule has 0 bridgehead atoms. The molecule has 1 aliphatic rings. The molecule has 1 heterocycles. The molecule has 4 N–H and O–H groups in total. The second-order valence-electron chi connectivity index (χ2n) is 3.86. The molecular formula is C11H11F3N2O2. The van der Waals surface area contributed by atoms with E-state index in [0.29, 0.717) is 18.2 Å². The van der Waals surface area contributed by atoms with Gasteiger partial charge in [-0.1, -0.05) is 24.3 Å². The van der Waals surface area contributed by atoms with E-state index in [2.05, 4.69) is 10.3 Å². The highest BCUT2D eigenvalue weighted by molar-refractivity contribution is 5.65. The van der Waals surface area contributed by atoms with Crippen molar-refractivity contribution in [1.29, 1.82) is 0 Å². The van der Waals surface area contributed by atoms with E-state index in [4.69, 9.17) is 5.73 Å². The third-order valence-corrected chi connectivity index (χ3v) is 2.56. The highest BCUT2D eigenvalue weighted by Gasteiger charge is 2.57. The van der Waals surface area contributed by atoms with Crippen LogP contribution in [0.5, 0.6) is 0 Å². The number of nitrogens with one attached hydrogen (secondary N) is 1. The van der Waals surface area contributed by atoms with E-state index in [1.54, 1.807) is 24.3 Å². The summed E-state index contributed by atoms with van der Waals surface area (Å²) in [5.41, 5.74) is 8.85. The Balaban J connectivity index is 2.27. The number of alkyl halides is 3. The molecule has 0 saturated heterocycles. The molecule has 0 aromatic heterocycles. The van der Waals surface area contributed by atoms with Crippen molar-refractivity contribution in [1.82, 2.24) is 5.48 Å². The van der Waals surface area contributed by atoms with Crippen molar-refractivity contribution in [2.24, 2.45) is 5.73 Å². The molecule has 0 fully saturated rings. The van der Waals surface area contributed by atoms with E-state index >= 15 is 0 Å². The van der Waals surface area contributed by atoms with Crippen LogP contribution in [0.1, 0.15) is 11.1 Å². The normalized spacial score (nSPS) is 23.7. The lowest BCUT2D eigenvalue weighted by Gasteiger charge is -2.21. The lowest BCUT2D eigenvalue weighted by Crippen LogP contribution is -2.45. The van der Waals surface area contributed by atoms with E-state index in [9.17, 15) is 18.3 Å². The van der Waals surface area contributed by atoms with Crippen LogP contribution in [0.3, 0.4) is 0 Å². The summed E-state index contributed by atoms with van der Waals surface area (Å²) in [5, 5.41) is 9.25. The van der Waals surface area contributed by atoms with Crippen LogP contribution in [0.4, 0.5) is 13.2 Å². The number of hydrogen-bond acceptors (Lipinski definition) is 4. The third kappa shape index (κ3) is 2.20. The second kappa shape index (κ2) is 4.27. The van der Waals surface area contributed by atoms with Gasteiger partial charge in [-0.2, -0.15) is 13.2 Å². The Labute approximate surface area is 101 Å². The van der Waals surface area contributed by atoms with Crippen LogP contribution in [-0.2, 0) is 11.4 Å². The fraction of sp³-hybridized carbons (Fsp3) is 0.273. The number of aliphatic hydroxyl groups is 1. The summed E-state index contributed by atoms with van der Waals surface area (Å²) in [5.74, 6) is -3.30. The van der Waals surface area contributed by atoms with Gasteiger partial charge in [0.1, 0.15) is 0 Å². The lowest BCUT2D eigenvalue weighted by molar-refractivity contribution is -0.345. The SMILES string of the molecule is NCc1ccc(C2=CC(O)(C(F)(F)F)ON2)cc1. The van der Waals surface area contributed by atoms with Crippen molar-refractivity contribution in [3.8, 4) is 0 Å². The van der Waals surface area contributed by atoms with Crippen molar-refractivity contribution >= 4 is 5.70 Å². The molecule has 0 aliphatic carbocycles. The number of hydroxylamine groups is 1. The molecule has 1 unspecified atom stereocenters. The molecule has 0 spiro atoms. The number of halogens is 3. The first-order chi connectivity index (χ1) is 8.36. The van der Waals surface area contributed by atoms with E-state index in [1.807, 2.05) is 0 Å². The predicted molar refractivity (Wildman–Crippen MR) is 57.5 cm³/mol. The maximum absolute atomic E-state index is 12.5. The van der Waals surface area contributed by atoms with Gasteiger partial charge in [-0.3, -0.25) is 5.48 Å². The van der Waals surface area contributed by atoms with Gasteiger partial charge in [-0.05, 0) is 11.1 Å². The minimum Gasteiger partial charge on any atom is -0.354 e. The minimum atomic E-state index is -4.90. The first-order valence-electron chi connectivity index (χ1n) is 5.11. The summed E-state index contributed by atoms with van der Waals surface area (Å²) in [7, 11) is 0. The molecule has 0 radical (unpaired) electrons. The number of benzene rings is 1. The summed E-state index contributed by atoms with van der Waals surface area (Å²) in [4.78, 5) is 4.19. The summed E-state index contributed by atoms with van der Waals surface area (Å²) in [6.07, 6.45) is -4.32. The Morgan fingerprint density at radius 3 is 2.33 bits per heavy atom. The molecule has 7 heteroatoms. The Morgan fingerprint density at radius 1 is 1.28 bits per heavy atom. The van der Waals surface area contributed by atoms with Gasteiger partial charge in [0.05, 0.1) is 5.70 Å². The van der Waals surface area contributed by atoms with Gasteiger partial charge in [-0.25, -0.2) is 4.84 Å². The first kappa shape index (κ1) is 12.9. The highest BCUT2D eigenvalue weighted by Crippen LogP contribution is 2.37. The maximum Gasteiger partial charge on any atom is 0.449 e. The van der Waals surface area contributed by atoms with E-state index in [-0.39, 0.29) is 5.70 Å². The van der Waals surface area contributed by atoms with E-state index in [1.165, 1.54) is 0 Å². The summed E-state index contributed by atoms with van der Waals surface area (Å²) >= 11 is 0. The average molecular weight is 260 g/mol.